The molecule has 32 heavy (non-hydrogen) atoms. The van der Waals surface area contributed by atoms with Crippen molar-refractivity contribution < 1.29 is 23.9 Å². The zero-order valence-corrected chi connectivity index (χ0v) is 17.9. The number of hydrogen-bond acceptors (Lipinski definition) is 5. The van der Waals surface area contributed by atoms with Crippen LogP contribution in [0.2, 0.25) is 0 Å². The van der Waals surface area contributed by atoms with Gasteiger partial charge in [0.2, 0.25) is 18.6 Å². The second-order valence-corrected chi connectivity index (χ2v) is 7.94. The van der Waals surface area contributed by atoms with E-state index in [0.29, 0.717) is 42.3 Å². The van der Waals surface area contributed by atoms with Crippen LogP contribution in [0.3, 0.4) is 0 Å². The minimum Gasteiger partial charge on any atom is -0.454 e. The molecule has 8 heteroatoms. The molecule has 0 radical (unpaired) electrons. The van der Waals surface area contributed by atoms with Gasteiger partial charge in [-0.15, -0.1) is 0 Å². The van der Waals surface area contributed by atoms with Gasteiger partial charge < -0.3 is 25.0 Å². The van der Waals surface area contributed by atoms with E-state index >= 15 is 0 Å². The van der Waals surface area contributed by atoms with Gasteiger partial charge in [0.25, 0.3) is 5.91 Å². The molecule has 0 bridgehead atoms. The molecule has 2 aromatic rings. The summed E-state index contributed by atoms with van der Waals surface area (Å²) in [6.45, 7) is 1.08. The van der Waals surface area contributed by atoms with Crippen molar-refractivity contribution in [3.8, 4) is 11.5 Å². The standard InChI is InChI=1S/C24H27N3O5/c28-22(15-27-12-6-2-1-3-9-23(27)29)26-19-8-5-4-7-18(19)24(30)25-14-17-10-11-20-21(13-17)32-16-31-20/h4-5,7-8,10-11,13H,1-3,6,9,12,14-16H2,(H,25,30)(H,26,28). The van der Waals surface area contributed by atoms with E-state index in [1.165, 1.54) is 0 Å². The maximum atomic E-state index is 12.8. The number of likely N-dealkylation sites (tertiary alicyclic amines) is 1. The first-order valence-electron chi connectivity index (χ1n) is 10.9. The van der Waals surface area contributed by atoms with Crippen molar-refractivity contribution in [3.05, 3.63) is 53.6 Å². The van der Waals surface area contributed by atoms with Crippen LogP contribution in [0.15, 0.2) is 42.5 Å². The number of nitrogens with zero attached hydrogens (tertiary/aromatic N) is 1. The van der Waals surface area contributed by atoms with Crippen molar-refractivity contribution in [1.82, 2.24) is 10.2 Å². The highest BCUT2D eigenvalue weighted by molar-refractivity contribution is 6.04. The van der Waals surface area contributed by atoms with Crippen molar-refractivity contribution in [1.29, 1.82) is 0 Å². The predicted octanol–water partition coefficient (Wildman–Crippen LogP) is 3.08. The molecule has 0 aliphatic carbocycles. The van der Waals surface area contributed by atoms with E-state index in [1.807, 2.05) is 18.2 Å². The molecule has 2 N–H and O–H groups in total. The van der Waals surface area contributed by atoms with Crippen LogP contribution < -0.4 is 20.1 Å². The van der Waals surface area contributed by atoms with Crippen LogP contribution in [0, 0.1) is 0 Å². The Kier molecular flexibility index (Phi) is 6.89. The molecule has 2 aromatic carbocycles. The summed E-state index contributed by atoms with van der Waals surface area (Å²) < 4.78 is 10.7. The Labute approximate surface area is 186 Å². The predicted molar refractivity (Wildman–Crippen MR) is 118 cm³/mol. The highest BCUT2D eigenvalue weighted by atomic mass is 16.7. The van der Waals surface area contributed by atoms with Gasteiger partial charge in [0, 0.05) is 19.5 Å². The van der Waals surface area contributed by atoms with E-state index in [1.54, 1.807) is 29.2 Å². The first-order chi connectivity index (χ1) is 15.6. The zero-order chi connectivity index (χ0) is 22.3. The number of carbonyl (C=O) groups is 3. The molecule has 8 nitrogen and oxygen atoms in total. The number of carbonyl (C=O) groups excluding carboxylic acids is 3. The van der Waals surface area contributed by atoms with Crippen molar-refractivity contribution in [2.45, 2.75) is 38.6 Å². The summed E-state index contributed by atoms with van der Waals surface area (Å²) in [5.74, 6) is 0.736. The van der Waals surface area contributed by atoms with Crippen molar-refractivity contribution in [2.75, 3.05) is 25.2 Å². The van der Waals surface area contributed by atoms with Crippen molar-refractivity contribution >= 4 is 23.4 Å². The van der Waals surface area contributed by atoms with Crippen LogP contribution in [0.25, 0.3) is 0 Å². The number of nitrogens with one attached hydrogen (secondary N) is 2. The van der Waals surface area contributed by atoms with Gasteiger partial charge in [0.05, 0.1) is 17.8 Å². The van der Waals surface area contributed by atoms with E-state index in [0.717, 1.165) is 31.2 Å². The van der Waals surface area contributed by atoms with Gasteiger partial charge in [0.15, 0.2) is 11.5 Å². The molecule has 3 amide bonds. The van der Waals surface area contributed by atoms with Gasteiger partial charge in [-0.25, -0.2) is 0 Å². The number of rotatable bonds is 6. The largest absolute Gasteiger partial charge is 0.454 e. The number of fused-ring (bicyclic) bond motifs is 1. The van der Waals surface area contributed by atoms with Crippen LogP contribution in [-0.2, 0) is 16.1 Å². The number of para-hydroxylation sites is 1. The van der Waals surface area contributed by atoms with Gasteiger partial charge >= 0.3 is 0 Å². The fraction of sp³-hybridized carbons (Fsp3) is 0.375. The highest BCUT2D eigenvalue weighted by Gasteiger charge is 2.20. The van der Waals surface area contributed by atoms with Gasteiger partial charge in [-0.1, -0.05) is 31.0 Å². The zero-order valence-electron chi connectivity index (χ0n) is 17.9. The van der Waals surface area contributed by atoms with Gasteiger partial charge in [-0.2, -0.15) is 0 Å². The number of hydrogen-bond donors (Lipinski definition) is 2. The summed E-state index contributed by atoms with van der Waals surface area (Å²) in [5, 5.41) is 5.67. The van der Waals surface area contributed by atoms with Crippen LogP contribution in [-0.4, -0.2) is 42.5 Å². The topological polar surface area (TPSA) is 97.0 Å². The normalized spacial score (nSPS) is 15.6. The van der Waals surface area contributed by atoms with Crippen LogP contribution in [0.1, 0.15) is 48.0 Å². The third-order valence-electron chi connectivity index (χ3n) is 5.59. The van der Waals surface area contributed by atoms with Crippen LogP contribution in [0.5, 0.6) is 11.5 Å². The molecule has 0 unspecified atom stereocenters. The summed E-state index contributed by atoms with van der Waals surface area (Å²) in [4.78, 5) is 39.3. The maximum Gasteiger partial charge on any atom is 0.253 e. The van der Waals surface area contributed by atoms with E-state index in [9.17, 15) is 14.4 Å². The fourth-order valence-electron chi connectivity index (χ4n) is 3.86. The van der Waals surface area contributed by atoms with E-state index < -0.39 is 0 Å². The summed E-state index contributed by atoms with van der Waals surface area (Å²) >= 11 is 0. The monoisotopic (exact) mass is 437 g/mol. The molecular weight excluding hydrogens is 410 g/mol. The van der Waals surface area contributed by atoms with Crippen molar-refractivity contribution in [2.24, 2.45) is 0 Å². The Hall–Kier alpha value is -3.55. The first-order valence-corrected chi connectivity index (χ1v) is 10.9. The van der Waals surface area contributed by atoms with Gasteiger partial charge in [-0.3, -0.25) is 14.4 Å². The molecule has 168 valence electrons. The Bertz CT molecular complexity index is 1010. The van der Waals surface area contributed by atoms with E-state index in [-0.39, 0.29) is 31.1 Å². The second kappa shape index (κ2) is 10.2. The molecule has 0 atom stereocenters. The molecule has 2 aliphatic heterocycles. The minimum atomic E-state index is -0.310. The Balaban J connectivity index is 1.36. The molecule has 0 saturated carbocycles. The van der Waals surface area contributed by atoms with E-state index in [2.05, 4.69) is 10.6 Å². The summed E-state index contributed by atoms with van der Waals surface area (Å²) in [5.41, 5.74) is 1.65. The Morgan fingerprint density at radius 3 is 2.69 bits per heavy atom. The lowest BCUT2D eigenvalue weighted by molar-refractivity contribution is -0.135. The first kappa shape index (κ1) is 21.7. The minimum absolute atomic E-state index is 0.00795. The molecule has 1 fully saturated rings. The number of benzene rings is 2. The SMILES string of the molecule is O=C(CN1CCCCCCC1=O)Nc1ccccc1C(=O)NCc1ccc2c(c1)OCO2. The average Bonchev–Trinajstić information content (AvgIpc) is 3.25. The number of ether oxygens (including phenoxy) is 2. The lowest BCUT2D eigenvalue weighted by atomic mass is 10.1. The molecular formula is C24H27N3O5. The van der Waals surface area contributed by atoms with Gasteiger partial charge in [-0.05, 0) is 42.7 Å². The third-order valence-corrected chi connectivity index (χ3v) is 5.59. The third kappa shape index (κ3) is 5.38. The number of amides is 3. The molecule has 0 aromatic heterocycles. The Morgan fingerprint density at radius 2 is 1.78 bits per heavy atom. The summed E-state index contributed by atoms with van der Waals surface area (Å²) in [6, 6.07) is 12.3. The van der Waals surface area contributed by atoms with Crippen LogP contribution in [0.4, 0.5) is 5.69 Å². The molecule has 0 spiro atoms. The summed E-state index contributed by atoms with van der Waals surface area (Å²) in [7, 11) is 0. The maximum absolute atomic E-state index is 12.8. The average molecular weight is 437 g/mol. The highest BCUT2D eigenvalue weighted by Crippen LogP contribution is 2.32. The molecule has 2 aliphatic rings. The summed E-state index contributed by atoms with van der Waals surface area (Å²) in [6.07, 6.45) is 4.37. The second-order valence-electron chi connectivity index (χ2n) is 7.94. The Morgan fingerprint density at radius 1 is 0.969 bits per heavy atom. The van der Waals surface area contributed by atoms with Crippen LogP contribution >= 0.6 is 0 Å². The van der Waals surface area contributed by atoms with Crippen molar-refractivity contribution in [3.63, 3.8) is 0 Å². The van der Waals surface area contributed by atoms with E-state index in [4.69, 9.17) is 9.47 Å². The fourth-order valence-corrected chi connectivity index (χ4v) is 3.86. The molecule has 2 heterocycles. The molecule has 1 saturated heterocycles. The van der Waals surface area contributed by atoms with Gasteiger partial charge in [0.1, 0.15) is 0 Å². The quantitative estimate of drug-likeness (QED) is 0.724. The lowest BCUT2D eigenvalue weighted by Crippen LogP contribution is -2.39. The smallest absolute Gasteiger partial charge is 0.253 e. The molecule has 4 rings (SSSR count). The lowest BCUT2D eigenvalue weighted by Gasteiger charge is -2.24. The number of anilines is 1.